The quantitative estimate of drug-likeness (QED) is 0.672. The first kappa shape index (κ1) is 21.4. The van der Waals surface area contributed by atoms with Crippen LogP contribution in [0.3, 0.4) is 0 Å². The minimum atomic E-state index is -0.763. The summed E-state index contributed by atoms with van der Waals surface area (Å²) in [5, 5.41) is 22.1. The van der Waals surface area contributed by atoms with E-state index in [1.165, 1.54) is 0 Å². The lowest BCUT2D eigenvalue weighted by atomic mass is 9.87. The van der Waals surface area contributed by atoms with Crippen molar-refractivity contribution in [2.75, 3.05) is 13.6 Å². The first-order valence-corrected chi connectivity index (χ1v) is 11.9. The maximum Gasteiger partial charge on any atom is 0.231 e. The molecule has 8 nitrogen and oxygen atoms in total. The standard InChI is InChI=1S/C26H28N2O6/c29-21(15-5-7-23-25(9-15)33-13-31-23)11-19-20(28-18-4-2-1-3-17(18)27-19)12-22(30)16-6-8-24-26(10-16)34-14-32-24/h5-10,17-18,21-22,29-30H,1-4,11-14H2. The van der Waals surface area contributed by atoms with Crippen LogP contribution in [0.1, 0.15) is 61.9 Å². The Morgan fingerprint density at radius 2 is 1.12 bits per heavy atom. The van der Waals surface area contributed by atoms with Crippen molar-refractivity contribution in [2.45, 2.75) is 62.8 Å². The van der Waals surface area contributed by atoms with Crippen molar-refractivity contribution >= 4 is 11.4 Å². The molecule has 0 radical (unpaired) electrons. The molecular weight excluding hydrogens is 436 g/mol. The number of rotatable bonds is 6. The Morgan fingerprint density at radius 3 is 1.59 bits per heavy atom. The highest BCUT2D eigenvalue weighted by Crippen LogP contribution is 2.37. The predicted octanol–water partition coefficient (Wildman–Crippen LogP) is 3.90. The molecule has 3 heterocycles. The Hall–Kier alpha value is -3.10. The summed E-state index contributed by atoms with van der Waals surface area (Å²) in [5.74, 6) is 2.65. The molecule has 0 aromatic heterocycles. The highest BCUT2D eigenvalue weighted by Gasteiger charge is 2.32. The average molecular weight is 465 g/mol. The Morgan fingerprint density at radius 1 is 0.676 bits per heavy atom. The first-order valence-electron chi connectivity index (χ1n) is 11.9. The number of hydrogen-bond donors (Lipinski definition) is 2. The van der Waals surface area contributed by atoms with Gasteiger partial charge in [0.25, 0.3) is 0 Å². The molecule has 8 heteroatoms. The van der Waals surface area contributed by atoms with Crippen LogP contribution in [0.2, 0.25) is 0 Å². The highest BCUT2D eigenvalue weighted by atomic mass is 16.7. The van der Waals surface area contributed by atoms with Crippen LogP contribution < -0.4 is 18.9 Å². The molecule has 6 rings (SSSR count). The summed E-state index contributed by atoms with van der Waals surface area (Å²) in [6.07, 6.45) is 3.44. The van der Waals surface area contributed by atoms with E-state index in [2.05, 4.69) is 0 Å². The summed E-state index contributed by atoms with van der Waals surface area (Å²) in [7, 11) is 0. The van der Waals surface area contributed by atoms with Gasteiger partial charge in [-0.25, -0.2) is 0 Å². The molecule has 178 valence electrons. The molecule has 1 aliphatic carbocycles. The third kappa shape index (κ3) is 4.12. The molecule has 4 atom stereocenters. The van der Waals surface area contributed by atoms with Crippen LogP contribution in [0.5, 0.6) is 23.0 Å². The van der Waals surface area contributed by atoms with Gasteiger partial charge >= 0.3 is 0 Å². The highest BCUT2D eigenvalue weighted by molar-refractivity contribution is 6.43. The van der Waals surface area contributed by atoms with Crippen LogP contribution in [-0.2, 0) is 0 Å². The van der Waals surface area contributed by atoms with Crippen molar-refractivity contribution in [3.63, 3.8) is 0 Å². The second kappa shape index (κ2) is 8.92. The number of aliphatic hydroxyl groups excluding tert-OH is 2. The van der Waals surface area contributed by atoms with Gasteiger partial charge in [0.05, 0.1) is 35.7 Å². The normalized spacial score (nSPS) is 24.2. The molecule has 0 spiro atoms. The van der Waals surface area contributed by atoms with Crippen LogP contribution in [0.25, 0.3) is 0 Å². The van der Waals surface area contributed by atoms with Crippen molar-refractivity contribution < 1.29 is 29.2 Å². The minimum absolute atomic E-state index is 0.152. The number of aliphatic hydroxyl groups is 2. The van der Waals surface area contributed by atoms with Crippen LogP contribution in [0, 0.1) is 0 Å². The van der Waals surface area contributed by atoms with Gasteiger partial charge in [-0.15, -0.1) is 0 Å². The number of ether oxygens (including phenoxy) is 4. The molecule has 0 amide bonds. The summed E-state index contributed by atoms with van der Waals surface area (Å²) < 4.78 is 21.7. The first-order chi connectivity index (χ1) is 16.6. The maximum absolute atomic E-state index is 11.0. The summed E-state index contributed by atoms with van der Waals surface area (Å²) in [5.41, 5.74) is 3.03. The Labute approximate surface area is 197 Å². The van der Waals surface area contributed by atoms with Crippen molar-refractivity contribution in [1.29, 1.82) is 0 Å². The van der Waals surface area contributed by atoms with Gasteiger partial charge in [0.1, 0.15) is 0 Å². The molecule has 34 heavy (non-hydrogen) atoms. The van der Waals surface area contributed by atoms with Gasteiger partial charge in [0.2, 0.25) is 13.6 Å². The molecule has 2 aromatic carbocycles. The van der Waals surface area contributed by atoms with E-state index in [4.69, 9.17) is 28.9 Å². The van der Waals surface area contributed by atoms with Crippen LogP contribution in [0.4, 0.5) is 0 Å². The van der Waals surface area contributed by atoms with E-state index in [-0.39, 0.29) is 25.7 Å². The molecular formula is C26H28N2O6. The van der Waals surface area contributed by atoms with E-state index in [0.717, 1.165) is 48.2 Å². The van der Waals surface area contributed by atoms with E-state index in [0.29, 0.717) is 35.8 Å². The Bertz CT molecular complexity index is 1060. The predicted molar refractivity (Wildman–Crippen MR) is 125 cm³/mol. The van der Waals surface area contributed by atoms with E-state index >= 15 is 0 Å². The minimum Gasteiger partial charge on any atom is -0.454 e. The summed E-state index contributed by atoms with van der Waals surface area (Å²) in [6, 6.07) is 11.3. The lowest BCUT2D eigenvalue weighted by Gasteiger charge is -2.32. The number of nitrogens with zero attached hydrogens (tertiary/aromatic N) is 2. The molecule has 1 saturated carbocycles. The Kier molecular flexibility index (Phi) is 5.63. The fraction of sp³-hybridized carbons (Fsp3) is 0.462. The second-order valence-electron chi connectivity index (χ2n) is 9.24. The monoisotopic (exact) mass is 464 g/mol. The molecule has 4 aliphatic rings. The summed E-state index contributed by atoms with van der Waals surface area (Å²) in [6.45, 7) is 0.387. The molecule has 2 N–H and O–H groups in total. The van der Waals surface area contributed by atoms with Gasteiger partial charge < -0.3 is 29.2 Å². The number of fused-ring (bicyclic) bond motifs is 3. The molecule has 0 bridgehead atoms. The van der Waals surface area contributed by atoms with Gasteiger partial charge in [-0.1, -0.05) is 25.0 Å². The number of hydrogen-bond acceptors (Lipinski definition) is 8. The zero-order valence-electron chi connectivity index (χ0n) is 18.9. The maximum atomic E-state index is 11.0. The van der Waals surface area contributed by atoms with Crippen LogP contribution in [0.15, 0.2) is 46.4 Å². The van der Waals surface area contributed by atoms with Crippen LogP contribution in [-0.4, -0.2) is 47.3 Å². The fourth-order valence-electron chi connectivity index (χ4n) is 5.13. The third-order valence-corrected chi connectivity index (χ3v) is 7.01. The van der Waals surface area contributed by atoms with Crippen molar-refractivity contribution in [3.8, 4) is 23.0 Å². The van der Waals surface area contributed by atoms with Crippen molar-refractivity contribution in [2.24, 2.45) is 9.98 Å². The van der Waals surface area contributed by atoms with E-state index in [9.17, 15) is 10.2 Å². The zero-order chi connectivity index (χ0) is 23.1. The number of aliphatic imine (C=N–C) groups is 2. The fourth-order valence-corrected chi connectivity index (χ4v) is 5.13. The summed E-state index contributed by atoms with van der Waals surface area (Å²) >= 11 is 0. The average Bonchev–Trinajstić information content (AvgIpc) is 3.52. The third-order valence-electron chi connectivity index (χ3n) is 7.01. The molecule has 2 aromatic rings. The molecule has 3 aliphatic heterocycles. The Balaban J connectivity index is 1.23. The van der Waals surface area contributed by atoms with Crippen molar-refractivity contribution in [1.82, 2.24) is 0 Å². The molecule has 0 saturated heterocycles. The lowest BCUT2D eigenvalue weighted by molar-refractivity contribution is 0.172. The van der Waals surface area contributed by atoms with Gasteiger partial charge in [-0.2, -0.15) is 0 Å². The van der Waals surface area contributed by atoms with Gasteiger partial charge in [-0.05, 0) is 48.2 Å². The summed E-state index contributed by atoms with van der Waals surface area (Å²) in [4.78, 5) is 10.1. The van der Waals surface area contributed by atoms with Gasteiger partial charge in [-0.3, -0.25) is 9.98 Å². The van der Waals surface area contributed by atoms with E-state index in [1.54, 1.807) is 0 Å². The smallest absolute Gasteiger partial charge is 0.231 e. The molecule has 1 fully saturated rings. The zero-order valence-corrected chi connectivity index (χ0v) is 18.9. The van der Waals surface area contributed by atoms with Crippen molar-refractivity contribution in [3.05, 3.63) is 47.5 Å². The SMILES string of the molecule is OC(CC1=NC2CCCCC2N=C1CC(O)c1ccc2c(c1)OCO2)c1ccc2c(c1)OCO2. The van der Waals surface area contributed by atoms with Gasteiger partial charge in [0.15, 0.2) is 23.0 Å². The van der Waals surface area contributed by atoms with E-state index in [1.807, 2.05) is 36.4 Å². The number of benzene rings is 2. The largest absolute Gasteiger partial charge is 0.454 e. The van der Waals surface area contributed by atoms with E-state index < -0.39 is 12.2 Å². The second-order valence-corrected chi connectivity index (χ2v) is 9.24. The van der Waals surface area contributed by atoms with Crippen LogP contribution >= 0.6 is 0 Å². The van der Waals surface area contributed by atoms with Gasteiger partial charge in [0, 0.05) is 12.8 Å². The molecule has 4 unspecified atom stereocenters. The topological polar surface area (TPSA) is 102 Å². The lowest BCUT2D eigenvalue weighted by Crippen LogP contribution is -2.36.